The Morgan fingerprint density at radius 1 is 1.34 bits per heavy atom. The second kappa shape index (κ2) is 7.35. The van der Waals surface area contributed by atoms with Crippen molar-refractivity contribution in [2.45, 2.75) is 38.5 Å². The minimum absolute atomic E-state index is 0.0357. The van der Waals surface area contributed by atoms with Crippen LogP contribution in [-0.4, -0.2) is 46.4 Å². The van der Waals surface area contributed by atoms with E-state index in [1.165, 1.54) is 0 Å². The Hall–Kier alpha value is -2.58. The van der Waals surface area contributed by atoms with Gasteiger partial charge in [0.1, 0.15) is 12.7 Å². The highest BCUT2D eigenvalue weighted by atomic mass is 19.3. The Kier molecular flexibility index (Phi) is 5.00. The summed E-state index contributed by atoms with van der Waals surface area (Å²) in [6, 6.07) is 7.53. The van der Waals surface area contributed by atoms with Gasteiger partial charge in [0, 0.05) is 36.2 Å². The summed E-state index contributed by atoms with van der Waals surface area (Å²) in [6.07, 6.45) is 1.77. The topological polar surface area (TPSA) is 61.2 Å². The number of morpholine rings is 1. The van der Waals surface area contributed by atoms with E-state index in [0.717, 1.165) is 16.5 Å². The highest BCUT2D eigenvalue weighted by Crippen LogP contribution is 2.30. The van der Waals surface area contributed by atoms with Crippen LogP contribution in [0.2, 0.25) is 0 Å². The van der Waals surface area contributed by atoms with Crippen LogP contribution < -0.4 is 10.1 Å². The zero-order chi connectivity index (χ0) is 20.6. The van der Waals surface area contributed by atoms with E-state index < -0.39 is 18.8 Å². The molecule has 4 rings (SSSR count). The van der Waals surface area contributed by atoms with E-state index in [4.69, 9.17) is 9.47 Å². The van der Waals surface area contributed by atoms with Gasteiger partial charge < -0.3 is 19.4 Å². The van der Waals surface area contributed by atoms with E-state index in [1.807, 2.05) is 30.6 Å². The zero-order valence-electron chi connectivity index (χ0n) is 16.7. The van der Waals surface area contributed by atoms with Gasteiger partial charge in [-0.1, -0.05) is 0 Å². The van der Waals surface area contributed by atoms with Crippen molar-refractivity contribution in [3.8, 4) is 17.1 Å². The Balaban J connectivity index is 1.63. The number of nitrogens with one attached hydrogen (secondary N) is 1. The summed E-state index contributed by atoms with van der Waals surface area (Å²) >= 11 is 0. The van der Waals surface area contributed by atoms with Gasteiger partial charge in [-0.3, -0.25) is 4.98 Å². The first-order valence-electron chi connectivity index (χ1n) is 9.55. The lowest BCUT2D eigenvalue weighted by Gasteiger charge is -2.30. The van der Waals surface area contributed by atoms with Gasteiger partial charge in [-0.15, -0.1) is 0 Å². The van der Waals surface area contributed by atoms with Crippen molar-refractivity contribution >= 4 is 10.9 Å². The lowest BCUT2D eigenvalue weighted by Crippen LogP contribution is -2.50. The van der Waals surface area contributed by atoms with Crippen molar-refractivity contribution in [1.82, 2.24) is 19.9 Å². The number of ether oxygens (including phenoxy) is 2. The van der Waals surface area contributed by atoms with Gasteiger partial charge in [-0.05, 0) is 45.0 Å². The molecule has 0 aliphatic carbocycles. The molecule has 1 atom stereocenters. The maximum Gasteiger partial charge on any atom is 0.368 e. The first-order chi connectivity index (χ1) is 13.7. The van der Waals surface area contributed by atoms with Crippen LogP contribution in [0.5, 0.6) is 5.88 Å². The largest absolute Gasteiger partial charge is 0.474 e. The molecule has 1 N–H and O–H groups in total. The number of rotatable bonds is 4. The van der Waals surface area contributed by atoms with Gasteiger partial charge in [-0.2, -0.15) is 8.78 Å². The summed E-state index contributed by atoms with van der Waals surface area (Å²) in [5.41, 5.74) is 2.31. The molecule has 0 bridgehead atoms. The predicted molar refractivity (Wildman–Crippen MR) is 106 cm³/mol. The van der Waals surface area contributed by atoms with Crippen LogP contribution in [0.15, 0.2) is 42.9 Å². The normalized spacial score (nSPS) is 19.4. The van der Waals surface area contributed by atoms with Gasteiger partial charge in [0.25, 0.3) is 0 Å². The van der Waals surface area contributed by atoms with Gasteiger partial charge in [0.15, 0.2) is 0 Å². The van der Waals surface area contributed by atoms with Crippen LogP contribution >= 0.6 is 0 Å². The third-order valence-electron chi connectivity index (χ3n) is 4.78. The number of alkyl halides is 2. The molecule has 29 heavy (non-hydrogen) atoms. The summed E-state index contributed by atoms with van der Waals surface area (Å²) in [5, 5.41) is 3.39. The standard InChI is InChI=1S/C21H24F2N4O2/c1-20(2,3)27-8-6-14(11-27)17-9-18-16(5-4-7-25-18)19(26-17)28-12-15-10-24-13-21(22,23)29-15/h4-9,11,15,24H,10,12-13H2,1-3H3/t15-/m0/s1. The number of aromatic nitrogens is 3. The summed E-state index contributed by atoms with van der Waals surface area (Å²) < 4.78 is 39.6. The fourth-order valence-electron chi connectivity index (χ4n) is 3.24. The molecule has 0 aromatic carbocycles. The quantitative estimate of drug-likeness (QED) is 0.719. The number of hydrogen-bond acceptors (Lipinski definition) is 5. The molecule has 3 aromatic heterocycles. The summed E-state index contributed by atoms with van der Waals surface area (Å²) in [5.74, 6) is 0.353. The van der Waals surface area contributed by atoms with Gasteiger partial charge in [0.2, 0.25) is 5.88 Å². The lowest BCUT2D eigenvalue weighted by molar-refractivity contribution is -0.276. The molecule has 154 valence electrons. The number of nitrogens with zero attached hydrogens (tertiary/aromatic N) is 3. The number of hydrogen-bond donors (Lipinski definition) is 1. The highest BCUT2D eigenvalue weighted by molar-refractivity contribution is 5.86. The molecule has 6 nitrogen and oxygen atoms in total. The molecule has 0 spiro atoms. The molecule has 4 heterocycles. The summed E-state index contributed by atoms with van der Waals surface area (Å²) in [7, 11) is 0. The molecule has 8 heteroatoms. The first kappa shape index (κ1) is 19.7. The molecule has 1 aliphatic heterocycles. The van der Waals surface area contributed by atoms with Crippen molar-refractivity contribution in [1.29, 1.82) is 0 Å². The van der Waals surface area contributed by atoms with E-state index in [0.29, 0.717) is 18.1 Å². The fraction of sp³-hybridized carbons (Fsp3) is 0.429. The first-order valence-corrected chi connectivity index (χ1v) is 9.55. The van der Waals surface area contributed by atoms with E-state index in [1.54, 1.807) is 12.3 Å². The van der Waals surface area contributed by atoms with Crippen LogP contribution in [0, 0.1) is 0 Å². The minimum Gasteiger partial charge on any atom is -0.474 e. The van der Waals surface area contributed by atoms with Crippen LogP contribution in [0.1, 0.15) is 20.8 Å². The Bertz CT molecular complexity index is 1010. The molecule has 1 fully saturated rings. The van der Waals surface area contributed by atoms with Crippen LogP contribution in [0.3, 0.4) is 0 Å². The third kappa shape index (κ3) is 4.38. The molecule has 1 saturated heterocycles. The van der Waals surface area contributed by atoms with Gasteiger partial charge in [-0.25, -0.2) is 4.98 Å². The third-order valence-corrected chi connectivity index (χ3v) is 4.78. The molecule has 0 radical (unpaired) electrons. The Labute approximate surface area is 167 Å². The van der Waals surface area contributed by atoms with E-state index in [2.05, 4.69) is 40.6 Å². The zero-order valence-corrected chi connectivity index (χ0v) is 16.7. The molecular formula is C21H24F2N4O2. The Morgan fingerprint density at radius 2 is 2.17 bits per heavy atom. The average molecular weight is 402 g/mol. The van der Waals surface area contributed by atoms with E-state index >= 15 is 0 Å². The lowest BCUT2D eigenvalue weighted by atomic mass is 10.1. The number of fused-ring (bicyclic) bond motifs is 1. The second-order valence-corrected chi connectivity index (χ2v) is 8.18. The maximum absolute atomic E-state index is 13.4. The van der Waals surface area contributed by atoms with Gasteiger partial charge in [0.05, 0.1) is 23.1 Å². The predicted octanol–water partition coefficient (Wildman–Crippen LogP) is 3.81. The molecule has 0 unspecified atom stereocenters. The number of halogens is 2. The monoisotopic (exact) mass is 402 g/mol. The van der Waals surface area contributed by atoms with Crippen LogP contribution in [-0.2, 0) is 10.3 Å². The highest BCUT2D eigenvalue weighted by Gasteiger charge is 2.37. The second-order valence-electron chi connectivity index (χ2n) is 8.18. The van der Waals surface area contributed by atoms with E-state index in [-0.39, 0.29) is 12.1 Å². The van der Waals surface area contributed by atoms with Gasteiger partial charge >= 0.3 is 6.11 Å². The summed E-state index contributed by atoms with van der Waals surface area (Å²) in [4.78, 5) is 9.06. The smallest absolute Gasteiger partial charge is 0.368 e. The van der Waals surface area contributed by atoms with Crippen LogP contribution in [0.25, 0.3) is 22.2 Å². The number of pyridine rings is 2. The van der Waals surface area contributed by atoms with Crippen molar-refractivity contribution in [2.75, 3.05) is 19.7 Å². The maximum atomic E-state index is 13.4. The molecule has 1 aliphatic rings. The van der Waals surface area contributed by atoms with Crippen molar-refractivity contribution in [2.24, 2.45) is 0 Å². The van der Waals surface area contributed by atoms with E-state index in [9.17, 15) is 8.78 Å². The molecule has 0 saturated carbocycles. The van der Waals surface area contributed by atoms with Crippen molar-refractivity contribution in [3.63, 3.8) is 0 Å². The minimum atomic E-state index is -3.19. The van der Waals surface area contributed by atoms with Crippen molar-refractivity contribution in [3.05, 3.63) is 42.9 Å². The molecule has 0 amide bonds. The fourth-order valence-corrected chi connectivity index (χ4v) is 3.24. The average Bonchev–Trinajstić information content (AvgIpc) is 3.16. The van der Waals surface area contributed by atoms with Crippen LogP contribution in [0.4, 0.5) is 8.78 Å². The molecule has 3 aromatic rings. The molecular weight excluding hydrogens is 378 g/mol. The summed E-state index contributed by atoms with van der Waals surface area (Å²) in [6.45, 7) is 6.12. The van der Waals surface area contributed by atoms with Crippen molar-refractivity contribution < 1.29 is 18.3 Å². The SMILES string of the molecule is CC(C)(C)n1ccc(-c2cc3ncccc3c(OC[C@@H]3CNCC(F)(F)O3)n2)c1. The Morgan fingerprint density at radius 3 is 2.90 bits per heavy atom.